The molecule has 22 heavy (non-hydrogen) atoms. The van der Waals surface area contributed by atoms with Crippen molar-refractivity contribution in [3.05, 3.63) is 64.1 Å². The van der Waals surface area contributed by atoms with Crippen LogP contribution in [0.3, 0.4) is 0 Å². The second-order valence-corrected chi connectivity index (χ2v) is 6.09. The fourth-order valence-electron chi connectivity index (χ4n) is 2.78. The third-order valence-electron chi connectivity index (χ3n) is 3.71. The van der Waals surface area contributed by atoms with E-state index in [0.29, 0.717) is 5.84 Å². The minimum absolute atomic E-state index is 0.191. The Kier molecular flexibility index (Phi) is 3.98. The minimum Gasteiger partial charge on any atom is -0.548 e. The van der Waals surface area contributed by atoms with E-state index in [2.05, 4.69) is 20.9 Å². The van der Waals surface area contributed by atoms with Crippen molar-refractivity contribution in [2.45, 2.75) is 13.0 Å². The first-order chi connectivity index (χ1) is 10.6. The molecule has 0 amide bonds. The van der Waals surface area contributed by atoms with Crippen LogP contribution in [-0.4, -0.2) is 23.2 Å². The number of carboxylic acid groups (broad SMARTS) is 1. The molecule has 112 valence electrons. The quantitative estimate of drug-likeness (QED) is 0.848. The third-order valence-corrected chi connectivity index (χ3v) is 4.20. The van der Waals surface area contributed by atoms with Crippen LogP contribution in [0.2, 0.25) is 0 Å². The molecule has 1 aliphatic heterocycles. The predicted octanol–water partition coefficient (Wildman–Crippen LogP) is 2.65. The van der Waals surface area contributed by atoms with Gasteiger partial charge in [-0.25, -0.2) is 4.99 Å². The van der Waals surface area contributed by atoms with Crippen LogP contribution in [0.25, 0.3) is 0 Å². The van der Waals surface area contributed by atoms with Crippen LogP contribution in [-0.2, 0) is 4.79 Å². The van der Waals surface area contributed by atoms with E-state index in [-0.39, 0.29) is 12.6 Å². The zero-order chi connectivity index (χ0) is 15.7. The number of fused-ring (bicyclic) bond motifs is 1. The van der Waals surface area contributed by atoms with Gasteiger partial charge in [-0.15, -0.1) is 0 Å². The molecule has 3 rings (SSSR count). The van der Waals surface area contributed by atoms with Gasteiger partial charge < -0.3 is 14.8 Å². The van der Waals surface area contributed by atoms with Gasteiger partial charge in [-0.05, 0) is 30.7 Å². The van der Waals surface area contributed by atoms with Crippen molar-refractivity contribution in [3.8, 4) is 0 Å². The average Bonchev–Trinajstić information content (AvgIpc) is 2.49. The molecular formula is C17H14BrN2O2-. The number of amidine groups is 1. The molecule has 0 fully saturated rings. The number of benzene rings is 2. The van der Waals surface area contributed by atoms with Crippen LogP contribution in [0.5, 0.6) is 0 Å². The maximum absolute atomic E-state index is 11.2. The fraction of sp³-hybridized carbons (Fsp3) is 0.176. The molecule has 2 aromatic carbocycles. The van der Waals surface area contributed by atoms with Crippen molar-refractivity contribution in [1.29, 1.82) is 0 Å². The van der Waals surface area contributed by atoms with E-state index in [1.165, 1.54) is 0 Å². The number of hydrogen-bond donors (Lipinski definition) is 0. The van der Waals surface area contributed by atoms with Gasteiger partial charge in [0, 0.05) is 10.0 Å². The van der Waals surface area contributed by atoms with Crippen LogP contribution in [0.1, 0.15) is 24.1 Å². The molecule has 0 saturated carbocycles. The number of carboxylic acids is 1. The topological polar surface area (TPSA) is 55.7 Å². The minimum atomic E-state index is -1.12. The molecule has 0 spiro atoms. The van der Waals surface area contributed by atoms with Gasteiger partial charge in [-0.3, -0.25) is 0 Å². The molecule has 4 nitrogen and oxygen atoms in total. The van der Waals surface area contributed by atoms with Gasteiger partial charge in [-0.2, -0.15) is 0 Å². The highest BCUT2D eigenvalue weighted by molar-refractivity contribution is 9.10. The van der Waals surface area contributed by atoms with Gasteiger partial charge in [0.1, 0.15) is 5.84 Å². The summed E-state index contributed by atoms with van der Waals surface area (Å²) in [7, 11) is 0. The molecule has 1 atom stereocenters. The monoisotopic (exact) mass is 357 g/mol. The first-order valence-corrected chi connectivity index (χ1v) is 7.72. The van der Waals surface area contributed by atoms with E-state index in [9.17, 15) is 9.90 Å². The molecular weight excluding hydrogens is 344 g/mol. The summed E-state index contributed by atoms with van der Waals surface area (Å²) in [5.41, 5.74) is 2.87. The Bertz CT molecular complexity index is 744. The second kappa shape index (κ2) is 5.93. The molecule has 1 heterocycles. The SMILES string of the molecule is CC1=Nc2ccc(Br)cc2C(c2ccccc2)N1CC(=O)[O-]. The van der Waals surface area contributed by atoms with Crippen LogP contribution >= 0.6 is 15.9 Å². The van der Waals surface area contributed by atoms with Gasteiger partial charge in [-0.1, -0.05) is 46.3 Å². The number of carbonyl (C=O) groups excluding carboxylic acids is 1. The smallest absolute Gasteiger partial charge is 0.103 e. The Morgan fingerprint density at radius 1 is 1.27 bits per heavy atom. The summed E-state index contributed by atoms with van der Waals surface area (Å²) < 4.78 is 0.940. The highest BCUT2D eigenvalue weighted by atomic mass is 79.9. The van der Waals surface area contributed by atoms with Crippen LogP contribution in [0.15, 0.2) is 58.0 Å². The average molecular weight is 358 g/mol. The summed E-state index contributed by atoms with van der Waals surface area (Å²) in [4.78, 5) is 17.4. The van der Waals surface area contributed by atoms with E-state index in [1.807, 2.05) is 55.5 Å². The summed E-state index contributed by atoms with van der Waals surface area (Å²) in [6.45, 7) is 1.63. The molecule has 0 N–H and O–H groups in total. The Hall–Kier alpha value is -2.14. The normalized spacial score (nSPS) is 16.9. The first-order valence-electron chi connectivity index (χ1n) is 6.92. The third kappa shape index (κ3) is 2.76. The fourth-order valence-corrected chi connectivity index (χ4v) is 3.16. The van der Waals surface area contributed by atoms with Crippen molar-refractivity contribution < 1.29 is 9.90 Å². The molecule has 0 aliphatic carbocycles. The predicted molar refractivity (Wildman–Crippen MR) is 86.9 cm³/mol. The lowest BCUT2D eigenvalue weighted by atomic mass is 9.94. The lowest BCUT2D eigenvalue weighted by molar-refractivity contribution is -0.305. The van der Waals surface area contributed by atoms with Crippen molar-refractivity contribution in [2.24, 2.45) is 4.99 Å². The highest BCUT2D eigenvalue weighted by Crippen LogP contribution is 2.40. The van der Waals surface area contributed by atoms with E-state index >= 15 is 0 Å². The number of nitrogens with zero attached hydrogens (tertiary/aromatic N) is 2. The summed E-state index contributed by atoms with van der Waals surface area (Å²) in [6, 6.07) is 15.5. The number of hydrogen-bond acceptors (Lipinski definition) is 4. The van der Waals surface area contributed by atoms with E-state index in [1.54, 1.807) is 4.90 Å². The van der Waals surface area contributed by atoms with Crippen LogP contribution < -0.4 is 5.11 Å². The molecule has 5 heteroatoms. The summed E-state index contributed by atoms with van der Waals surface area (Å²) in [6.07, 6.45) is 0. The van der Waals surface area contributed by atoms with E-state index in [4.69, 9.17) is 0 Å². The maximum Gasteiger partial charge on any atom is 0.103 e. The Morgan fingerprint density at radius 3 is 2.68 bits per heavy atom. The number of carbonyl (C=O) groups is 1. The molecule has 2 aromatic rings. The summed E-state index contributed by atoms with van der Waals surface area (Å²) >= 11 is 3.48. The number of halogens is 1. The first kappa shape index (κ1) is 14.8. The van der Waals surface area contributed by atoms with Gasteiger partial charge in [0.15, 0.2) is 0 Å². The molecule has 1 unspecified atom stereocenters. The molecule has 1 aliphatic rings. The van der Waals surface area contributed by atoms with Crippen molar-refractivity contribution in [1.82, 2.24) is 4.90 Å². The number of aliphatic imine (C=N–C) groups is 1. The molecule has 0 radical (unpaired) electrons. The second-order valence-electron chi connectivity index (χ2n) is 5.18. The Labute approximate surface area is 137 Å². The van der Waals surface area contributed by atoms with Crippen molar-refractivity contribution >= 4 is 33.4 Å². The Morgan fingerprint density at radius 2 is 2.00 bits per heavy atom. The zero-order valence-electron chi connectivity index (χ0n) is 12.0. The number of rotatable bonds is 3. The largest absolute Gasteiger partial charge is 0.548 e. The highest BCUT2D eigenvalue weighted by Gasteiger charge is 2.29. The molecule has 0 saturated heterocycles. The van der Waals surface area contributed by atoms with Gasteiger partial charge in [0.2, 0.25) is 0 Å². The summed E-state index contributed by atoms with van der Waals surface area (Å²) in [5, 5.41) is 11.2. The lowest BCUT2D eigenvalue weighted by Crippen LogP contribution is -2.44. The number of aliphatic carboxylic acids is 1. The van der Waals surface area contributed by atoms with Crippen molar-refractivity contribution in [2.75, 3.05) is 6.54 Å². The van der Waals surface area contributed by atoms with E-state index in [0.717, 1.165) is 21.3 Å². The van der Waals surface area contributed by atoms with Gasteiger partial charge >= 0.3 is 0 Å². The molecule has 0 aromatic heterocycles. The summed E-state index contributed by atoms with van der Waals surface area (Å²) in [5.74, 6) is -0.443. The van der Waals surface area contributed by atoms with Crippen LogP contribution in [0.4, 0.5) is 5.69 Å². The Balaban J connectivity index is 2.17. The van der Waals surface area contributed by atoms with Gasteiger partial charge in [0.05, 0.1) is 24.2 Å². The van der Waals surface area contributed by atoms with E-state index < -0.39 is 5.97 Å². The van der Waals surface area contributed by atoms with Crippen LogP contribution in [0, 0.1) is 0 Å². The molecule has 0 bridgehead atoms. The zero-order valence-corrected chi connectivity index (χ0v) is 13.6. The maximum atomic E-state index is 11.2. The van der Waals surface area contributed by atoms with Gasteiger partial charge in [0.25, 0.3) is 0 Å². The standard InChI is InChI=1S/C17H15BrN2O2/c1-11-19-15-8-7-13(18)9-14(15)17(20(11)10-16(21)22)12-5-3-2-4-6-12/h2-9,17H,10H2,1H3,(H,21,22)/p-1. The van der Waals surface area contributed by atoms with Crippen molar-refractivity contribution in [3.63, 3.8) is 0 Å². The lowest BCUT2D eigenvalue weighted by Gasteiger charge is -2.38.